The second kappa shape index (κ2) is 9.91. The van der Waals surface area contributed by atoms with Gasteiger partial charge in [-0.3, -0.25) is 4.99 Å². The van der Waals surface area contributed by atoms with Crippen LogP contribution >= 0.6 is 0 Å². The van der Waals surface area contributed by atoms with E-state index in [1.54, 1.807) is 19.2 Å². The fraction of sp³-hybridized carbons (Fsp3) is 0.261. The molecule has 0 fully saturated rings. The smallest absolute Gasteiger partial charge is 0.136 e. The average molecular weight is 373 g/mol. The largest absolute Gasteiger partial charge is 0.262 e. The summed E-state index contributed by atoms with van der Waals surface area (Å²) in [5, 5.41) is 0. The quantitative estimate of drug-likeness (QED) is 0.480. The van der Waals surface area contributed by atoms with Gasteiger partial charge in [-0.05, 0) is 42.9 Å². The van der Waals surface area contributed by atoms with Crippen molar-refractivity contribution in [1.82, 2.24) is 0 Å². The van der Waals surface area contributed by atoms with Crippen LogP contribution in [0.5, 0.6) is 0 Å². The Labute approximate surface area is 160 Å². The van der Waals surface area contributed by atoms with Gasteiger partial charge in [0.1, 0.15) is 17.5 Å². The third-order valence-electron chi connectivity index (χ3n) is 4.07. The molecule has 1 unspecified atom stereocenters. The van der Waals surface area contributed by atoms with Gasteiger partial charge >= 0.3 is 0 Å². The topological polar surface area (TPSA) is 12.4 Å². The zero-order valence-corrected chi connectivity index (χ0v) is 15.2. The highest BCUT2D eigenvalue weighted by molar-refractivity contribution is 5.71. The number of aliphatic imine (C=N–C) groups is 1. The first-order valence-electron chi connectivity index (χ1n) is 8.42. The summed E-state index contributed by atoms with van der Waals surface area (Å²) in [6.45, 7) is 9.33. The number of nitrogens with zero attached hydrogens (tertiary/aromatic N) is 1. The number of allylic oxidation sites excluding steroid dienone is 2. The Morgan fingerprint density at radius 1 is 1.11 bits per heavy atom. The van der Waals surface area contributed by atoms with Crippen molar-refractivity contribution < 1.29 is 13.2 Å². The molecular formula is C23H26F3N. The van der Waals surface area contributed by atoms with Gasteiger partial charge in [0.25, 0.3) is 0 Å². The highest BCUT2D eigenvalue weighted by Gasteiger charge is 2.14. The van der Waals surface area contributed by atoms with Crippen molar-refractivity contribution in [1.29, 1.82) is 0 Å². The predicted molar refractivity (Wildman–Crippen MR) is 109 cm³/mol. The van der Waals surface area contributed by atoms with Crippen molar-refractivity contribution in [3.05, 3.63) is 83.2 Å². The van der Waals surface area contributed by atoms with E-state index in [9.17, 15) is 13.2 Å². The van der Waals surface area contributed by atoms with Crippen molar-refractivity contribution in [2.45, 2.75) is 34.6 Å². The van der Waals surface area contributed by atoms with E-state index in [0.29, 0.717) is 29.8 Å². The van der Waals surface area contributed by atoms with Gasteiger partial charge in [-0.2, -0.15) is 0 Å². The third-order valence-corrected chi connectivity index (χ3v) is 4.07. The molecule has 0 saturated heterocycles. The van der Waals surface area contributed by atoms with Crippen molar-refractivity contribution in [2.75, 3.05) is 0 Å². The monoisotopic (exact) mass is 373 g/mol. The van der Waals surface area contributed by atoms with Gasteiger partial charge in [0.15, 0.2) is 0 Å². The zero-order valence-electron chi connectivity index (χ0n) is 15.2. The van der Waals surface area contributed by atoms with Crippen LogP contribution in [-0.2, 0) is 6.42 Å². The summed E-state index contributed by atoms with van der Waals surface area (Å²) in [7, 11) is 0. The van der Waals surface area contributed by atoms with Crippen molar-refractivity contribution in [3.8, 4) is 0 Å². The molecule has 1 nitrogen and oxygen atoms in total. The van der Waals surface area contributed by atoms with Crippen LogP contribution in [-0.4, -0.2) is 6.21 Å². The summed E-state index contributed by atoms with van der Waals surface area (Å²) in [4.78, 5) is 4.15. The molecule has 0 N–H and O–H groups in total. The molecule has 1 atom stereocenters. The summed E-state index contributed by atoms with van der Waals surface area (Å²) in [6, 6.07) is 9.28. The van der Waals surface area contributed by atoms with Crippen LogP contribution in [0.2, 0.25) is 0 Å². The van der Waals surface area contributed by atoms with E-state index in [0.717, 1.165) is 11.1 Å². The number of halogens is 3. The lowest BCUT2D eigenvalue weighted by molar-refractivity contribution is 0.538. The minimum absolute atomic E-state index is 0. The molecule has 2 aromatic rings. The second-order valence-corrected chi connectivity index (χ2v) is 6.31. The van der Waals surface area contributed by atoms with Crippen LogP contribution in [0, 0.1) is 23.4 Å². The van der Waals surface area contributed by atoms with Crippen molar-refractivity contribution in [2.24, 2.45) is 10.9 Å². The van der Waals surface area contributed by atoms with Crippen LogP contribution in [0.1, 0.15) is 44.9 Å². The summed E-state index contributed by atoms with van der Waals surface area (Å²) in [5.74, 6) is -2.63. The Kier molecular flexibility index (Phi) is 8.23. The molecule has 0 aliphatic heterocycles. The van der Waals surface area contributed by atoms with Gasteiger partial charge in [0, 0.05) is 23.9 Å². The molecule has 0 saturated carbocycles. The molecular weight excluding hydrogens is 347 g/mol. The molecule has 27 heavy (non-hydrogen) atoms. The molecule has 0 heterocycles. The maximum atomic E-state index is 13.9. The second-order valence-electron chi connectivity index (χ2n) is 6.31. The molecule has 0 bridgehead atoms. The van der Waals surface area contributed by atoms with E-state index in [2.05, 4.69) is 11.6 Å². The lowest BCUT2D eigenvalue weighted by Crippen LogP contribution is -2.00. The Balaban J connectivity index is 0.00000364. The van der Waals surface area contributed by atoms with Crippen LogP contribution in [0.15, 0.2) is 54.0 Å². The SMILES string of the molecule is C.C=C(N=CC)c1ccc(CC(C)/C=C(\C)c2c(F)cc(F)cc2F)cc1. The van der Waals surface area contributed by atoms with Crippen LogP contribution < -0.4 is 0 Å². The van der Waals surface area contributed by atoms with Gasteiger partial charge in [0.05, 0.1) is 5.70 Å². The number of hydrogen-bond donors (Lipinski definition) is 0. The van der Waals surface area contributed by atoms with Crippen LogP contribution in [0.3, 0.4) is 0 Å². The van der Waals surface area contributed by atoms with Crippen LogP contribution in [0.4, 0.5) is 13.2 Å². The van der Waals surface area contributed by atoms with E-state index >= 15 is 0 Å². The highest BCUT2D eigenvalue weighted by atomic mass is 19.1. The minimum atomic E-state index is -0.918. The molecule has 4 heteroatoms. The lowest BCUT2D eigenvalue weighted by Gasteiger charge is -2.11. The minimum Gasteiger partial charge on any atom is -0.262 e. The summed E-state index contributed by atoms with van der Waals surface area (Å²) in [5.41, 5.74) is 3.02. The number of benzene rings is 2. The van der Waals surface area contributed by atoms with Crippen molar-refractivity contribution in [3.63, 3.8) is 0 Å². The summed E-state index contributed by atoms with van der Waals surface area (Å²) < 4.78 is 40.8. The zero-order chi connectivity index (χ0) is 19.3. The molecule has 144 valence electrons. The molecule has 0 amide bonds. The number of rotatable bonds is 6. The highest BCUT2D eigenvalue weighted by Crippen LogP contribution is 2.25. The third kappa shape index (κ3) is 5.95. The first-order chi connectivity index (χ1) is 12.3. The Morgan fingerprint density at radius 2 is 1.67 bits per heavy atom. The molecule has 2 aromatic carbocycles. The molecule has 2 rings (SSSR count). The van der Waals surface area contributed by atoms with E-state index in [-0.39, 0.29) is 18.9 Å². The van der Waals surface area contributed by atoms with Gasteiger partial charge in [-0.15, -0.1) is 0 Å². The van der Waals surface area contributed by atoms with E-state index in [4.69, 9.17) is 0 Å². The molecule has 0 aliphatic rings. The van der Waals surface area contributed by atoms with Gasteiger partial charge in [-0.1, -0.05) is 51.3 Å². The van der Waals surface area contributed by atoms with Gasteiger partial charge in [0.2, 0.25) is 0 Å². The first kappa shape index (κ1) is 22.4. The molecule has 0 radical (unpaired) electrons. The van der Waals surface area contributed by atoms with Crippen molar-refractivity contribution >= 4 is 17.5 Å². The molecule has 0 aromatic heterocycles. The normalized spacial score (nSPS) is 12.7. The Hall–Kier alpha value is -2.62. The van der Waals surface area contributed by atoms with Crippen LogP contribution in [0.25, 0.3) is 11.3 Å². The van der Waals surface area contributed by atoms with E-state index in [1.807, 2.05) is 38.1 Å². The fourth-order valence-electron chi connectivity index (χ4n) is 2.92. The van der Waals surface area contributed by atoms with E-state index < -0.39 is 17.5 Å². The summed E-state index contributed by atoms with van der Waals surface area (Å²) >= 11 is 0. The average Bonchev–Trinajstić information content (AvgIpc) is 2.54. The molecule has 0 aliphatic carbocycles. The van der Waals surface area contributed by atoms with E-state index in [1.165, 1.54) is 0 Å². The standard InChI is InChI=1S/C22H22F3N.CH4/c1-5-26-16(4)18-8-6-17(7-9-18)11-14(2)10-15(3)22-20(24)12-19(23)13-21(22)25;/h5-10,12-14H,4,11H2,1-3H3;1H4/b15-10+,26-5?;. The Bertz CT molecular complexity index is 825. The fourth-order valence-corrected chi connectivity index (χ4v) is 2.92. The van der Waals surface area contributed by atoms with Gasteiger partial charge in [-0.25, -0.2) is 13.2 Å². The number of hydrogen-bond acceptors (Lipinski definition) is 1. The summed E-state index contributed by atoms with van der Waals surface area (Å²) in [6.07, 6.45) is 4.21. The first-order valence-corrected chi connectivity index (χ1v) is 8.42. The predicted octanol–water partition coefficient (Wildman–Crippen LogP) is 7.08. The Morgan fingerprint density at radius 3 is 2.19 bits per heavy atom. The molecule has 0 spiro atoms. The van der Waals surface area contributed by atoms with Gasteiger partial charge < -0.3 is 0 Å². The maximum absolute atomic E-state index is 13.9. The maximum Gasteiger partial charge on any atom is 0.136 e. The lowest BCUT2D eigenvalue weighted by atomic mass is 9.95.